The smallest absolute Gasteiger partial charge is 0.251 e. The summed E-state index contributed by atoms with van der Waals surface area (Å²) in [5.74, 6) is -0.236. The van der Waals surface area contributed by atoms with E-state index in [0.29, 0.717) is 29.2 Å². The van der Waals surface area contributed by atoms with Crippen LogP contribution in [0.2, 0.25) is 0 Å². The van der Waals surface area contributed by atoms with Gasteiger partial charge in [-0.2, -0.15) is 4.80 Å². The Morgan fingerprint density at radius 1 is 1.00 bits per heavy atom. The predicted octanol–water partition coefficient (Wildman–Crippen LogP) is 4.57. The highest BCUT2D eigenvalue weighted by Crippen LogP contribution is 2.30. The van der Waals surface area contributed by atoms with Gasteiger partial charge in [-0.25, -0.2) is 4.39 Å². The first-order valence-corrected chi connectivity index (χ1v) is 12.6. The van der Waals surface area contributed by atoms with E-state index in [9.17, 15) is 14.0 Å². The van der Waals surface area contributed by atoms with Crippen LogP contribution in [0.3, 0.4) is 0 Å². The van der Waals surface area contributed by atoms with Crippen molar-refractivity contribution in [3.05, 3.63) is 90.2 Å². The van der Waals surface area contributed by atoms with Crippen molar-refractivity contribution in [1.82, 2.24) is 25.5 Å². The minimum absolute atomic E-state index is 0.252. The molecule has 0 unspecified atom stereocenters. The van der Waals surface area contributed by atoms with Crippen LogP contribution in [-0.2, 0) is 16.1 Å². The molecule has 0 aliphatic rings. The van der Waals surface area contributed by atoms with E-state index < -0.39 is 17.5 Å². The first kappa shape index (κ1) is 27.4. The summed E-state index contributed by atoms with van der Waals surface area (Å²) >= 11 is 0. The predicted molar refractivity (Wildman–Crippen MR) is 145 cm³/mol. The van der Waals surface area contributed by atoms with Crippen LogP contribution in [0.4, 0.5) is 10.1 Å². The number of anilines is 1. The fourth-order valence-electron chi connectivity index (χ4n) is 4.02. The Bertz CT molecular complexity index is 1400. The zero-order chi connectivity index (χ0) is 28.0. The first-order chi connectivity index (χ1) is 18.6. The third kappa shape index (κ3) is 7.04. The number of hydrogen-bond donors (Lipinski definition) is 1. The van der Waals surface area contributed by atoms with Crippen LogP contribution >= 0.6 is 0 Å². The highest BCUT2D eigenvalue weighted by molar-refractivity contribution is 6.01. The molecule has 1 aromatic heterocycles. The van der Waals surface area contributed by atoms with Gasteiger partial charge in [-0.15, -0.1) is 10.2 Å². The van der Waals surface area contributed by atoms with Gasteiger partial charge >= 0.3 is 0 Å². The van der Waals surface area contributed by atoms with Gasteiger partial charge in [0, 0.05) is 16.8 Å². The molecule has 0 fully saturated rings. The highest BCUT2D eigenvalue weighted by atomic mass is 19.1. The molecule has 0 saturated carbocycles. The zero-order valence-electron chi connectivity index (χ0n) is 22.3. The monoisotopic (exact) mass is 530 g/mol. The van der Waals surface area contributed by atoms with Gasteiger partial charge < -0.3 is 10.1 Å². The van der Waals surface area contributed by atoms with Gasteiger partial charge in [0.25, 0.3) is 5.91 Å². The number of nitrogens with zero attached hydrogens (tertiary/aromatic N) is 5. The molecule has 0 bridgehead atoms. The average Bonchev–Trinajstić information content (AvgIpc) is 3.36. The largest absolute Gasteiger partial charge is 0.494 e. The Balaban J connectivity index is 1.71. The molecule has 4 aromatic rings. The minimum Gasteiger partial charge on any atom is -0.494 e. The molecule has 0 saturated heterocycles. The molecule has 3 aromatic carbocycles. The van der Waals surface area contributed by atoms with Crippen LogP contribution in [0.25, 0.3) is 11.4 Å². The van der Waals surface area contributed by atoms with Gasteiger partial charge in [0.1, 0.15) is 24.2 Å². The summed E-state index contributed by atoms with van der Waals surface area (Å²) in [7, 11) is 0. The molecule has 202 valence electrons. The summed E-state index contributed by atoms with van der Waals surface area (Å²) in [6.07, 6.45) is 0. The third-order valence-electron chi connectivity index (χ3n) is 5.65. The maximum Gasteiger partial charge on any atom is 0.251 e. The summed E-state index contributed by atoms with van der Waals surface area (Å²) in [5, 5.41) is 15.3. The Hall–Kier alpha value is -4.60. The van der Waals surface area contributed by atoms with E-state index in [1.807, 2.05) is 33.8 Å². The lowest BCUT2D eigenvalue weighted by atomic mass is 10.0. The number of amides is 2. The molecule has 0 radical (unpaired) electrons. The van der Waals surface area contributed by atoms with Gasteiger partial charge in [0.2, 0.25) is 11.7 Å². The van der Waals surface area contributed by atoms with Crippen LogP contribution < -0.4 is 15.0 Å². The van der Waals surface area contributed by atoms with Crippen LogP contribution in [0, 0.1) is 5.82 Å². The maximum atomic E-state index is 13.9. The van der Waals surface area contributed by atoms with Crippen LogP contribution in [0.5, 0.6) is 5.75 Å². The van der Waals surface area contributed by atoms with Crippen molar-refractivity contribution in [2.24, 2.45) is 0 Å². The van der Waals surface area contributed by atoms with Gasteiger partial charge in [0.05, 0.1) is 6.61 Å². The van der Waals surface area contributed by atoms with E-state index in [4.69, 9.17) is 4.74 Å². The SMILES string of the molecule is CCOc1ccc([C@@H](C(=O)NC(C)(C)C)N(C(=O)Cn2nnc(-c3ccc(F)cc3)n2)c2ccccc2)cc1. The molecule has 1 N–H and O–H groups in total. The second kappa shape index (κ2) is 11.8. The van der Waals surface area contributed by atoms with Crippen molar-refractivity contribution >= 4 is 17.5 Å². The molecule has 2 amide bonds. The average molecular weight is 531 g/mol. The number of aromatic nitrogens is 4. The fourth-order valence-corrected chi connectivity index (χ4v) is 4.02. The minimum atomic E-state index is -0.991. The normalized spacial score (nSPS) is 12.0. The van der Waals surface area contributed by atoms with Gasteiger partial charge in [-0.1, -0.05) is 30.3 Å². The lowest BCUT2D eigenvalue weighted by Gasteiger charge is -2.33. The van der Waals surface area contributed by atoms with E-state index in [2.05, 4.69) is 20.7 Å². The molecule has 0 aliphatic heterocycles. The number of halogens is 1. The number of nitrogens with one attached hydrogen (secondary N) is 1. The van der Waals surface area contributed by atoms with Crippen LogP contribution in [-0.4, -0.2) is 44.2 Å². The van der Waals surface area contributed by atoms with Crippen molar-refractivity contribution in [1.29, 1.82) is 0 Å². The topological polar surface area (TPSA) is 102 Å². The molecule has 1 heterocycles. The van der Waals surface area contributed by atoms with Crippen molar-refractivity contribution in [3.8, 4) is 17.1 Å². The summed E-state index contributed by atoms with van der Waals surface area (Å²) in [6.45, 7) is 7.76. The lowest BCUT2D eigenvalue weighted by molar-refractivity contribution is -0.128. The third-order valence-corrected chi connectivity index (χ3v) is 5.65. The number of benzene rings is 3. The van der Waals surface area contributed by atoms with Crippen LogP contribution in [0.15, 0.2) is 78.9 Å². The van der Waals surface area contributed by atoms with Gasteiger partial charge in [0.15, 0.2) is 0 Å². The van der Waals surface area contributed by atoms with E-state index in [1.54, 1.807) is 48.5 Å². The second-order valence-electron chi connectivity index (χ2n) is 9.89. The summed E-state index contributed by atoms with van der Waals surface area (Å²) in [4.78, 5) is 30.2. The number of carbonyl (C=O) groups is 2. The Kier molecular flexibility index (Phi) is 8.33. The number of rotatable bonds is 9. The molecule has 0 aliphatic carbocycles. The summed E-state index contributed by atoms with van der Waals surface area (Å²) in [5.41, 5.74) is 1.16. The van der Waals surface area contributed by atoms with E-state index in [0.717, 1.165) is 4.80 Å². The lowest BCUT2D eigenvalue weighted by Crippen LogP contribution is -2.50. The number of tetrazole rings is 1. The molecule has 4 rings (SSSR count). The second-order valence-corrected chi connectivity index (χ2v) is 9.89. The van der Waals surface area contributed by atoms with Gasteiger partial charge in [-0.05, 0) is 87.0 Å². The van der Waals surface area contributed by atoms with Crippen molar-refractivity contribution < 1.29 is 18.7 Å². The number of ether oxygens (including phenoxy) is 1. The van der Waals surface area contributed by atoms with Crippen molar-refractivity contribution in [3.63, 3.8) is 0 Å². The zero-order valence-corrected chi connectivity index (χ0v) is 22.3. The van der Waals surface area contributed by atoms with Crippen LogP contribution in [0.1, 0.15) is 39.3 Å². The van der Waals surface area contributed by atoms with E-state index in [1.165, 1.54) is 29.2 Å². The summed E-state index contributed by atoms with van der Waals surface area (Å²) < 4.78 is 18.9. The Morgan fingerprint density at radius 3 is 2.28 bits per heavy atom. The molecular weight excluding hydrogens is 499 g/mol. The molecule has 10 heteroatoms. The number of para-hydroxylation sites is 1. The Labute approximate surface area is 226 Å². The molecule has 1 atom stereocenters. The van der Waals surface area contributed by atoms with Crippen molar-refractivity contribution in [2.75, 3.05) is 11.5 Å². The standard InChI is InChI=1S/C29H31FN6O3/c1-5-39-24-17-13-20(14-18-24)26(28(38)31-29(2,3)4)36(23-9-7-6-8-10-23)25(37)19-35-33-27(32-34-35)21-11-15-22(30)16-12-21/h6-18,26H,5,19H2,1-4H3,(H,31,38)/t26-/m0/s1. The molecular formula is C29H31FN6O3. The quantitative estimate of drug-likeness (QED) is 0.340. The maximum absolute atomic E-state index is 13.9. The fraction of sp³-hybridized carbons (Fsp3) is 0.276. The molecule has 39 heavy (non-hydrogen) atoms. The van der Waals surface area contributed by atoms with E-state index in [-0.39, 0.29) is 24.1 Å². The number of carbonyl (C=O) groups excluding carboxylic acids is 2. The number of hydrogen-bond acceptors (Lipinski definition) is 6. The van der Waals surface area contributed by atoms with Gasteiger partial charge in [-0.3, -0.25) is 14.5 Å². The van der Waals surface area contributed by atoms with Crippen molar-refractivity contribution in [2.45, 2.75) is 45.8 Å². The first-order valence-electron chi connectivity index (χ1n) is 12.6. The molecule has 0 spiro atoms. The van der Waals surface area contributed by atoms with E-state index >= 15 is 0 Å². The summed E-state index contributed by atoms with van der Waals surface area (Å²) in [6, 6.07) is 20.8. The Morgan fingerprint density at radius 2 is 1.67 bits per heavy atom. The molecule has 9 nitrogen and oxygen atoms in total. The highest BCUT2D eigenvalue weighted by Gasteiger charge is 2.34.